The van der Waals surface area contributed by atoms with E-state index in [4.69, 9.17) is 9.85 Å². The van der Waals surface area contributed by atoms with Gasteiger partial charge in [-0.05, 0) is 37.0 Å². The van der Waals surface area contributed by atoms with Crippen molar-refractivity contribution in [3.05, 3.63) is 52.6 Å². The van der Waals surface area contributed by atoms with E-state index >= 15 is 0 Å². The zero-order valence-corrected chi connectivity index (χ0v) is 16.9. The lowest BCUT2D eigenvalue weighted by atomic mass is 10.1. The summed E-state index contributed by atoms with van der Waals surface area (Å²) in [5, 5.41) is 10.2. The van der Waals surface area contributed by atoms with Crippen molar-refractivity contribution >= 4 is 34.4 Å². The van der Waals surface area contributed by atoms with Crippen LogP contribution in [-0.4, -0.2) is 35.5 Å². The van der Waals surface area contributed by atoms with Crippen molar-refractivity contribution in [2.75, 3.05) is 35.2 Å². The second kappa shape index (κ2) is 7.43. The maximum absolute atomic E-state index is 13.3. The number of amides is 1. The quantitative estimate of drug-likeness (QED) is 0.649. The Morgan fingerprint density at radius 2 is 2.07 bits per heavy atom. The van der Waals surface area contributed by atoms with E-state index < -0.39 is 0 Å². The predicted molar refractivity (Wildman–Crippen MR) is 118 cm³/mol. The number of carbonyl (C=O) groups excluding carboxylic acids is 1. The molecule has 7 nitrogen and oxygen atoms in total. The Labute approximate surface area is 182 Å². The molecule has 2 aliphatic rings. The average molecular weight is 423 g/mol. The number of nitrogens with zero attached hydrogens (tertiary/aromatic N) is 5. The van der Waals surface area contributed by atoms with Crippen LogP contribution in [0.3, 0.4) is 0 Å². The number of fused-ring (bicyclic) bond motifs is 1. The van der Waals surface area contributed by atoms with E-state index in [9.17, 15) is 10.1 Å². The lowest BCUT2D eigenvalue weighted by molar-refractivity contribution is 0.0984. The van der Waals surface area contributed by atoms with Crippen molar-refractivity contribution < 1.29 is 8.91 Å². The first-order chi connectivity index (χ1) is 15.9. The van der Waals surface area contributed by atoms with E-state index in [0.29, 0.717) is 39.4 Å². The van der Waals surface area contributed by atoms with Crippen LogP contribution in [0.25, 0.3) is 10.6 Å². The van der Waals surface area contributed by atoms with Crippen LogP contribution < -0.4 is 15.5 Å². The third kappa shape index (κ3) is 3.08. The van der Waals surface area contributed by atoms with E-state index in [2.05, 4.69) is 14.9 Å². The molecule has 0 atom stereocenters. The number of rotatable bonds is 3. The molecule has 2 aliphatic heterocycles. The number of thiazole rings is 1. The fourth-order valence-electron chi connectivity index (χ4n) is 3.81. The minimum atomic E-state index is -0.352. The van der Waals surface area contributed by atoms with Crippen LogP contribution in [0.4, 0.5) is 17.2 Å². The molecule has 2 aromatic heterocycles. The van der Waals surface area contributed by atoms with E-state index in [1.54, 1.807) is 12.3 Å². The van der Waals surface area contributed by atoms with Gasteiger partial charge in [0.25, 0.3) is 5.91 Å². The number of hydrogen-bond acceptors (Lipinski definition) is 7. The van der Waals surface area contributed by atoms with Crippen LogP contribution in [0.5, 0.6) is 0 Å². The van der Waals surface area contributed by atoms with Gasteiger partial charge in [-0.2, -0.15) is 5.26 Å². The number of aromatic nitrogens is 2. The SMILES string of the molecule is [3H]c1cc(-c2nc3c(s2)C(=O)N(c2c([3H])cc([3H])c(N)c2C#N)CC3)cnc1N1CCCC1. The third-order valence-electron chi connectivity index (χ3n) is 5.37. The molecule has 3 aromatic rings. The first-order valence-electron chi connectivity index (χ1n) is 11.2. The molecular formula is C22H20N6OS. The molecule has 5 rings (SSSR count). The fourth-order valence-corrected chi connectivity index (χ4v) is 4.86. The number of nitriles is 1. The summed E-state index contributed by atoms with van der Waals surface area (Å²) in [6, 6.07) is 5.06. The van der Waals surface area contributed by atoms with Crippen LogP contribution in [0.15, 0.2) is 36.5 Å². The Hall–Kier alpha value is -3.44. The Morgan fingerprint density at radius 3 is 2.83 bits per heavy atom. The molecule has 0 spiro atoms. The first kappa shape index (κ1) is 15.4. The highest BCUT2D eigenvalue weighted by Gasteiger charge is 2.31. The highest BCUT2D eigenvalue weighted by molar-refractivity contribution is 7.17. The molecule has 30 heavy (non-hydrogen) atoms. The van der Waals surface area contributed by atoms with Crippen LogP contribution in [0, 0.1) is 11.3 Å². The molecule has 150 valence electrons. The van der Waals surface area contributed by atoms with Gasteiger partial charge in [0.2, 0.25) is 0 Å². The maximum Gasteiger partial charge on any atom is 0.270 e. The minimum absolute atomic E-state index is 0.0328. The Balaban J connectivity index is 1.49. The molecule has 0 unspecified atom stereocenters. The summed E-state index contributed by atoms with van der Waals surface area (Å²) in [5.41, 5.74) is 7.28. The zero-order valence-electron chi connectivity index (χ0n) is 19.1. The molecule has 1 aromatic carbocycles. The van der Waals surface area contributed by atoms with Crippen molar-refractivity contribution in [2.24, 2.45) is 0 Å². The van der Waals surface area contributed by atoms with Gasteiger partial charge < -0.3 is 15.5 Å². The largest absolute Gasteiger partial charge is 0.398 e. The highest BCUT2D eigenvalue weighted by atomic mass is 32.1. The van der Waals surface area contributed by atoms with Gasteiger partial charge in [-0.3, -0.25) is 4.79 Å². The van der Waals surface area contributed by atoms with Gasteiger partial charge in [0.05, 0.1) is 26.7 Å². The zero-order chi connectivity index (χ0) is 23.3. The van der Waals surface area contributed by atoms with Gasteiger partial charge in [0.15, 0.2) is 0 Å². The molecule has 8 heteroatoms. The molecule has 0 bridgehead atoms. The Bertz CT molecular complexity index is 1330. The molecular weight excluding hydrogens is 396 g/mol. The number of carbonyl (C=O) groups is 1. The molecule has 4 heterocycles. The summed E-state index contributed by atoms with van der Waals surface area (Å²) in [6.07, 6.45) is 4.35. The molecule has 0 aliphatic carbocycles. The summed E-state index contributed by atoms with van der Waals surface area (Å²) in [7, 11) is 0. The standard InChI is InChI=1S/C22H20N6OS/c23-12-15-16(24)4-3-5-18(15)28-11-8-17-20(22(28)29)30-21(26-17)14-6-7-19(25-13-14)27-9-1-2-10-27/h3-7,13H,1-2,8-11,24H2/i4T,5T,7T. The predicted octanol–water partition coefficient (Wildman–Crippen LogP) is 3.46. The third-order valence-corrected chi connectivity index (χ3v) is 6.50. The minimum Gasteiger partial charge on any atom is -0.398 e. The summed E-state index contributed by atoms with van der Waals surface area (Å²) in [4.78, 5) is 26.4. The number of benzene rings is 1. The van der Waals surface area contributed by atoms with Crippen LogP contribution in [-0.2, 0) is 6.42 Å². The highest BCUT2D eigenvalue weighted by Crippen LogP contribution is 2.35. The summed E-state index contributed by atoms with van der Waals surface area (Å²) >= 11 is 1.22. The molecule has 0 saturated carbocycles. The van der Waals surface area contributed by atoms with Gasteiger partial charge in [0.1, 0.15) is 21.8 Å². The average Bonchev–Trinajstić information content (AvgIpc) is 3.47. The number of pyridine rings is 1. The first-order valence-corrected chi connectivity index (χ1v) is 10.5. The molecule has 2 N–H and O–H groups in total. The molecule has 1 fully saturated rings. The lowest BCUT2D eigenvalue weighted by Gasteiger charge is -2.27. The normalized spacial score (nSPS) is 17.3. The van der Waals surface area contributed by atoms with Gasteiger partial charge >= 0.3 is 0 Å². The second-order valence-corrected chi connectivity index (χ2v) is 8.20. The van der Waals surface area contributed by atoms with Crippen molar-refractivity contribution in [1.29, 1.82) is 5.26 Å². The van der Waals surface area contributed by atoms with Crippen LogP contribution in [0.1, 0.15) is 37.9 Å². The summed E-state index contributed by atoms with van der Waals surface area (Å²) < 4.78 is 24.5. The molecule has 1 amide bonds. The topological polar surface area (TPSA) is 99.1 Å². The Kier molecular flexibility index (Phi) is 3.81. The van der Waals surface area contributed by atoms with E-state index in [1.165, 1.54) is 22.3 Å². The lowest BCUT2D eigenvalue weighted by Crippen LogP contribution is -2.37. The fraction of sp³-hybridized carbons (Fsp3) is 0.273. The van der Waals surface area contributed by atoms with Gasteiger partial charge in [-0.15, -0.1) is 11.3 Å². The maximum atomic E-state index is 13.3. The van der Waals surface area contributed by atoms with Gasteiger partial charge in [0, 0.05) is 37.8 Å². The van der Waals surface area contributed by atoms with Crippen LogP contribution in [0.2, 0.25) is 0 Å². The number of nitrogens with two attached hydrogens (primary N) is 1. The van der Waals surface area contributed by atoms with Gasteiger partial charge in [-0.1, -0.05) is 6.07 Å². The van der Waals surface area contributed by atoms with Crippen molar-refractivity contribution in [1.82, 2.24) is 9.97 Å². The Morgan fingerprint density at radius 1 is 1.23 bits per heavy atom. The van der Waals surface area contributed by atoms with Crippen LogP contribution >= 0.6 is 11.3 Å². The van der Waals surface area contributed by atoms with E-state index in [0.717, 1.165) is 25.9 Å². The number of anilines is 3. The monoisotopic (exact) mass is 422 g/mol. The number of nitrogen functional groups attached to an aromatic ring is 1. The summed E-state index contributed by atoms with van der Waals surface area (Å²) in [5.74, 6) is 0.317. The van der Waals surface area contributed by atoms with Crippen molar-refractivity contribution in [3.8, 4) is 16.6 Å². The number of hydrogen-bond donors (Lipinski definition) is 1. The van der Waals surface area contributed by atoms with E-state index in [1.807, 2.05) is 6.07 Å². The second-order valence-electron chi connectivity index (χ2n) is 7.20. The van der Waals surface area contributed by atoms with Gasteiger partial charge in [-0.25, -0.2) is 9.97 Å². The van der Waals surface area contributed by atoms with Crippen molar-refractivity contribution in [2.45, 2.75) is 19.3 Å². The summed E-state index contributed by atoms with van der Waals surface area (Å²) in [6.45, 7) is 2.06. The molecule has 1 saturated heterocycles. The van der Waals surface area contributed by atoms with Crippen molar-refractivity contribution in [3.63, 3.8) is 0 Å². The molecule has 0 radical (unpaired) electrons. The smallest absolute Gasteiger partial charge is 0.270 e. The van der Waals surface area contributed by atoms with E-state index in [-0.39, 0.29) is 41.5 Å².